The number of benzene rings is 1. The Hall–Kier alpha value is -2.98. The fourth-order valence-electron chi connectivity index (χ4n) is 3.27. The van der Waals surface area contributed by atoms with Gasteiger partial charge >= 0.3 is 18.0 Å². The van der Waals surface area contributed by atoms with Crippen molar-refractivity contribution in [1.29, 1.82) is 0 Å². The maximum Gasteiger partial charge on any atom is 0.433 e. The maximum atomic E-state index is 13.5. The van der Waals surface area contributed by atoms with E-state index >= 15 is 0 Å². The molecule has 1 aromatic carbocycles. The Labute approximate surface area is 164 Å². The molecule has 2 atom stereocenters. The van der Waals surface area contributed by atoms with Gasteiger partial charge in [-0.15, -0.1) is 0 Å². The van der Waals surface area contributed by atoms with E-state index in [1.807, 2.05) is 0 Å². The molecule has 158 valence electrons. The average molecular weight is 431 g/mol. The largest absolute Gasteiger partial charge is 0.433 e. The van der Waals surface area contributed by atoms with E-state index < -0.39 is 52.7 Å². The second kappa shape index (κ2) is 6.78. The van der Waals surface area contributed by atoms with Crippen LogP contribution in [0.25, 0.3) is 16.7 Å². The average Bonchev–Trinajstić information content (AvgIpc) is 3.34. The van der Waals surface area contributed by atoms with E-state index in [0.29, 0.717) is 16.7 Å². The zero-order valence-electron chi connectivity index (χ0n) is 14.9. The van der Waals surface area contributed by atoms with Crippen LogP contribution in [0.5, 0.6) is 0 Å². The van der Waals surface area contributed by atoms with Crippen LogP contribution in [0.4, 0.5) is 30.7 Å². The Morgan fingerprint density at radius 3 is 2.23 bits per heavy atom. The van der Waals surface area contributed by atoms with Gasteiger partial charge in [0.15, 0.2) is 5.65 Å². The molecule has 0 N–H and O–H groups in total. The van der Waals surface area contributed by atoms with Crippen molar-refractivity contribution in [3.63, 3.8) is 0 Å². The molecule has 1 aliphatic rings. The molecule has 3 aromatic rings. The molecular weight excluding hydrogens is 419 g/mol. The minimum absolute atomic E-state index is 0.00196. The fourth-order valence-corrected chi connectivity index (χ4v) is 3.27. The van der Waals surface area contributed by atoms with Gasteiger partial charge in [0.25, 0.3) is 0 Å². The van der Waals surface area contributed by atoms with E-state index in [0.717, 1.165) is 18.2 Å². The van der Waals surface area contributed by atoms with Crippen molar-refractivity contribution in [1.82, 2.24) is 14.5 Å². The van der Waals surface area contributed by atoms with Crippen molar-refractivity contribution in [3.8, 4) is 5.69 Å². The molecule has 4 nitrogen and oxygen atoms in total. The molecule has 11 heteroatoms. The van der Waals surface area contributed by atoms with Crippen molar-refractivity contribution >= 4 is 11.0 Å². The summed E-state index contributed by atoms with van der Waals surface area (Å²) in [5, 5.41) is -0.0429. The lowest BCUT2D eigenvalue weighted by atomic mass is 10.1. The van der Waals surface area contributed by atoms with E-state index in [1.165, 1.54) is 6.07 Å². The molecule has 4 rings (SSSR count). The van der Waals surface area contributed by atoms with E-state index in [9.17, 15) is 35.5 Å². The monoisotopic (exact) mass is 431 g/mol. The second-order valence-corrected chi connectivity index (χ2v) is 6.97. The van der Waals surface area contributed by atoms with Crippen LogP contribution >= 0.6 is 0 Å². The van der Waals surface area contributed by atoms with Crippen LogP contribution in [0.3, 0.4) is 0 Å². The van der Waals surface area contributed by atoms with Crippen molar-refractivity contribution < 1.29 is 30.7 Å². The lowest BCUT2D eigenvalue weighted by Crippen LogP contribution is -2.27. The van der Waals surface area contributed by atoms with E-state index in [2.05, 4.69) is 9.97 Å². The number of halogens is 7. The first kappa shape index (κ1) is 20.3. The van der Waals surface area contributed by atoms with Gasteiger partial charge in [-0.05, 0) is 43.0 Å². The van der Waals surface area contributed by atoms with Crippen LogP contribution in [0, 0.1) is 5.92 Å². The summed E-state index contributed by atoms with van der Waals surface area (Å²) in [6, 6.07) is 5.60. The lowest BCUT2D eigenvalue weighted by Gasteiger charge is -2.17. The summed E-state index contributed by atoms with van der Waals surface area (Å²) in [4.78, 5) is 19.9. The first-order chi connectivity index (χ1) is 14.0. The number of fused-ring (bicyclic) bond motifs is 1. The van der Waals surface area contributed by atoms with Crippen molar-refractivity contribution in [3.05, 3.63) is 63.8 Å². The molecule has 1 unspecified atom stereocenters. The van der Waals surface area contributed by atoms with E-state index in [-0.39, 0.29) is 23.9 Å². The van der Waals surface area contributed by atoms with Gasteiger partial charge in [0.2, 0.25) is 0 Å². The number of aromatic nitrogens is 3. The Balaban J connectivity index is 2.04. The number of hydrogen-bond acceptors (Lipinski definition) is 3. The van der Waals surface area contributed by atoms with E-state index in [1.54, 1.807) is 0 Å². The highest BCUT2D eigenvalue weighted by Crippen LogP contribution is 2.38. The normalized spacial score (nSPS) is 19.3. The van der Waals surface area contributed by atoms with Crippen LogP contribution in [-0.2, 0) is 18.8 Å². The fraction of sp³-hybridized carbons (Fsp3) is 0.316. The molecule has 0 amide bonds. The lowest BCUT2D eigenvalue weighted by molar-refractivity contribution is -0.141. The Morgan fingerprint density at radius 1 is 0.967 bits per heavy atom. The van der Waals surface area contributed by atoms with Gasteiger partial charge in [-0.1, -0.05) is 12.1 Å². The van der Waals surface area contributed by atoms with Crippen LogP contribution < -0.4 is 5.69 Å². The number of hydrogen-bond donors (Lipinski definition) is 0. The summed E-state index contributed by atoms with van der Waals surface area (Å²) in [6.45, 7) is 0. The van der Waals surface area contributed by atoms with Gasteiger partial charge in [-0.3, -0.25) is 0 Å². The summed E-state index contributed by atoms with van der Waals surface area (Å²) in [5.74, 6) is -0.444. The number of rotatable bonds is 3. The zero-order chi connectivity index (χ0) is 21.8. The van der Waals surface area contributed by atoms with Crippen LogP contribution in [0.15, 0.2) is 41.2 Å². The predicted octanol–water partition coefficient (Wildman–Crippen LogP) is 4.72. The third-order valence-corrected chi connectivity index (χ3v) is 4.85. The van der Waals surface area contributed by atoms with Gasteiger partial charge < -0.3 is 0 Å². The zero-order valence-corrected chi connectivity index (χ0v) is 14.9. The molecule has 0 saturated heterocycles. The van der Waals surface area contributed by atoms with Gasteiger partial charge in [-0.2, -0.15) is 31.3 Å². The van der Waals surface area contributed by atoms with Crippen LogP contribution in [0.2, 0.25) is 0 Å². The van der Waals surface area contributed by atoms with Gasteiger partial charge in [0.05, 0.1) is 16.9 Å². The van der Waals surface area contributed by atoms with Crippen molar-refractivity contribution in [2.75, 3.05) is 0 Å². The minimum atomic E-state index is -4.89. The summed E-state index contributed by atoms with van der Waals surface area (Å²) in [7, 11) is 0. The Morgan fingerprint density at radius 2 is 1.63 bits per heavy atom. The van der Waals surface area contributed by atoms with Gasteiger partial charge in [-0.25, -0.2) is 18.7 Å². The highest BCUT2D eigenvalue weighted by molar-refractivity contribution is 5.80. The second-order valence-electron chi connectivity index (χ2n) is 6.97. The summed E-state index contributed by atoms with van der Waals surface area (Å²) >= 11 is 0. The maximum absolute atomic E-state index is 13.5. The molecule has 0 spiro atoms. The van der Waals surface area contributed by atoms with Crippen LogP contribution in [-0.4, -0.2) is 20.7 Å². The quantitative estimate of drug-likeness (QED) is 0.564. The molecule has 2 heterocycles. The summed E-state index contributed by atoms with van der Waals surface area (Å²) in [5.41, 5.74) is -5.14. The number of pyridine rings is 1. The number of nitrogens with zero attached hydrogens (tertiary/aromatic N) is 3. The van der Waals surface area contributed by atoms with Crippen molar-refractivity contribution in [2.24, 2.45) is 5.92 Å². The summed E-state index contributed by atoms with van der Waals surface area (Å²) in [6.07, 6.45) is -10.7. The molecule has 0 bridgehead atoms. The summed E-state index contributed by atoms with van der Waals surface area (Å²) < 4.78 is 93.7. The smallest absolute Gasteiger partial charge is 0.247 e. The third kappa shape index (κ3) is 3.63. The first-order valence-electron chi connectivity index (χ1n) is 8.77. The molecule has 0 aliphatic heterocycles. The Kier molecular flexibility index (Phi) is 4.59. The third-order valence-electron chi connectivity index (χ3n) is 4.85. The Bertz CT molecular complexity index is 1180. The predicted molar refractivity (Wildman–Crippen MR) is 91.8 cm³/mol. The standard InChI is InChI=1S/C19H12F7N3O/c20-12-7-9(12)8-13-10-5-6-15(19(24,25)26)28-16(10)29(17(30)27-13)14-4-2-1-3-11(14)18(21,22)23/h1-6,9,12H,7-8H2/t9?,12-/m1/s1. The molecular formula is C19H12F7N3O. The van der Waals surface area contributed by atoms with Crippen molar-refractivity contribution in [2.45, 2.75) is 31.4 Å². The topological polar surface area (TPSA) is 47.8 Å². The molecule has 1 saturated carbocycles. The van der Waals surface area contributed by atoms with E-state index in [4.69, 9.17) is 0 Å². The van der Waals surface area contributed by atoms with Crippen LogP contribution in [0.1, 0.15) is 23.4 Å². The highest BCUT2D eigenvalue weighted by atomic mass is 19.4. The van der Waals surface area contributed by atoms with Gasteiger partial charge in [0, 0.05) is 5.39 Å². The van der Waals surface area contributed by atoms with Gasteiger partial charge in [0.1, 0.15) is 11.9 Å². The number of para-hydroxylation sites is 1. The minimum Gasteiger partial charge on any atom is -0.247 e. The molecule has 1 aliphatic carbocycles. The first-order valence-corrected chi connectivity index (χ1v) is 8.77. The highest BCUT2D eigenvalue weighted by Gasteiger charge is 2.39. The number of alkyl halides is 7. The molecule has 1 fully saturated rings. The molecule has 2 aromatic heterocycles. The molecule has 0 radical (unpaired) electrons. The SMILES string of the molecule is O=c1nc(CC2C[C@H]2F)c2ccc(C(F)(F)F)nc2n1-c1ccccc1C(F)(F)F. The molecule has 30 heavy (non-hydrogen) atoms.